The van der Waals surface area contributed by atoms with E-state index in [1.54, 1.807) is 33.8 Å². The predicted octanol–water partition coefficient (Wildman–Crippen LogP) is 2.11. The molecule has 5 nitrogen and oxygen atoms in total. The summed E-state index contributed by atoms with van der Waals surface area (Å²) in [5.41, 5.74) is 1.51. The average Bonchev–Trinajstić information content (AvgIpc) is 2.38. The van der Waals surface area contributed by atoms with Gasteiger partial charge in [-0.05, 0) is 51.0 Å². The number of carboxylic acid groups (broad SMARTS) is 1. The van der Waals surface area contributed by atoms with Gasteiger partial charge in [-0.1, -0.05) is 5.92 Å². The maximum atomic E-state index is 11.6. The van der Waals surface area contributed by atoms with Crippen molar-refractivity contribution in [3.05, 3.63) is 34.4 Å². The Kier molecular flexibility index (Phi) is 5.72. The van der Waals surface area contributed by atoms with Crippen molar-refractivity contribution in [1.82, 2.24) is 5.32 Å². The molecule has 118 valence electrons. The van der Waals surface area contributed by atoms with Crippen LogP contribution in [0.25, 0.3) is 0 Å². The Morgan fingerprint density at radius 1 is 1.36 bits per heavy atom. The first-order valence-electron chi connectivity index (χ1n) is 6.90. The van der Waals surface area contributed by atoms with Crippen LogP contribution >= 0.6 is 0 Å². The highest BCUT2D eigenvalue weighted by Crippen LogP contribution is 2.17. The number of carbonyl (C=O) groups is 2. The van der Waals surface area contributed by atoms with Crippen LogP contribution in [0.2, 0.25) is 0 Å². The third kappa shape index (κ3) is 5.23. The molecule has 0 saturated heterocycles. The van der Waals surface area contributed by atoms with Gasteiger partial charge in [-0.25, -0.2) is 4.79 Å². The molecule has 0 unspecified atom stereocenters. The fraction of sp³-hybridized carbons (Fsp3) is 0.412. The Bertz CT molecular complexity index is 621. The van der Waals surface area contributed by atoms with Crippen molar-refractivity contribution in [2.45, 2.75) is 39.8 Å². The lowest BCUT2D eigenvalue weighted by atomic mass is 9.98. The van der Waals surface area contributed by atoms with Gasteiger partial charge in [-0.3, -0.25) is 4.79 Å². The van der Waals surface area contributed by atoms with Gasteiger partial charge in [0.15, 0.2) is 0 Å². The third-order valence-corrected chi connectivity index (χ3v) is 2.92. The molecule has 0 saturated carbocycles. The topological polar surface area (TPSA) is 75.6 Å². The lowest BCUT2D eigenvalue weighted by Crippen LogP contribution is -2.31. The van der Waals surface area contributed by atoms with Gasteiger partial charge in [-0.15, -0.1) is 6.42 Å². The Balaban J connectivity index is 2.78. The lowest BCUT2D eigenvalue weighted by Gasteiger charge is -2.19. The van der Waals surface area contributed by atoms with Crippen LogP contribution < -0.4 is 5.32 Å². The van der Waals surface area contributed by atoms with E-state index >= 15 is 0 Å². The monoisotopic (exact) mass is 303 g/mol. The molecule has 0 heterocycles. The van der Waals surface area contributed by atoms with Crippen molar-refractivity contribution in [1.29, 1.82) is 0 Å². The predicted molar refractivity (Wildman–Crippen MR) is 83.6 cm³/mol. The molecule has 1 aromatic carbocycles. The van der Waals surface area contributed by atoms with Crippen molar-refractivity contribution in [3.8, 4) is 12.3 Å². The SMILES string of the molecule is C#Cc1cc(CNCC(=O)OC(C)(C)C)c(C)c(C(=O)O)c1. The van der Waals surface area contributed by atoms with E-state index in [9.17, 15) is 14.7 Å². The summed E-state index contributed by atoms with van der Waals surface area (Å²) in [5, 5.41) is 12.1. The average molecular weight is 303 g/mol. The van der Waals surface area contributed by atoms with Crippen molar-refractivity contribution >= 4 is 11.9 Å². The molecule has 0 radical (unpaired) electrons. The number of benzene rings is 1. The van der Waals surface area contributed by atoms with E-state index in [0.29, 0.717) is 17.7 Å². The minimum absolute atomic E-state index is 0.0411. The molecule has 0 spiro atoms. The maximum absolute atomic E-state index is 11.6. The highest BCUT2D eigenvalue weighted by Gasteiger charge is 2.16. The van der Waals surface area contributed by atoms with E-state index in [1.807, 2.05) is 0 Å². The molecule has 1 aromatic rings. The second kappa shape index (κ2) is 7.10. The Hall–Kier alpha value is -2.32. The minimum Gasteiger partial charge on any atom is -0.478 e. The van der Waals surface area contributed by atoms with E-state index in [0.717, 1.165) is 5.56 Å². The number of ether oxygens (including phenoxy) is 1. The van der Waals surface area contributed by atoms with E-state index in [4.69, 9.17) is 11.2 Å². The molecule has 0 atom stereocenters. The Labute approximate surface area is 130 Å². The highest BCUT2D eigenvalue weighted by molar-refractivity contribution is 5.90. The van der Waals surface area contributed by atoms with Gasteiger partial charge in [-0.2, -0.15) is 0 Å². The second-order valence-electron chi connectivity index (χ2n) is 5.95. The fourth-order valence-corrected chi connectivity index (χ4v) is 1.94. The first-order chi connectivity index (χ1) is 10.1. The van der Waals surface area contributed by atoms with Gasteiger partial charge >= 0.3 is 11.9 Å². The van der Waals surface area contributed by atoms with Gasteiger partial charge < -0.3 is 15.2 Å². The van der Waals surface area contributed by atoms with Crippen LogP contribution in [-0.2, 0) is 16.1 Å². The smallest absolute Gasteiger partial charge is 0.336 e. The third-order valence-electron chi connectivity index (χ3n) is 2.92. The van der Waals surface area contributed by atoms with Gasteiger partial charge in [0.2, 0.25) is 0 Å². The number of carbonyl (C=O) groups excluding carboxylic acids is 1. The molecule has 5 heteroatoms. The lowest BCUT2D eigenvalue weighted by molar-refractivity contribution is -0.153. The summed E-state index contributed by atoms with van der Waals surface area (Å²) >= 11 is 0. The normalized spacial score (nSPS) is 10.9. The second-order valence-corrected chi connectivity index (χ2v) is 5.95. The van der Waals surface area contributed by atoms with Crippen LogP contribution in [0, 0.1) is 19.3 Å². The summed E-state index contributed by atoms with van der Waals surface area (Å²) in [6.45, 7) is 7.48. The van der Waals surface area contributed by atoms with E-state index in [2.05, 4.69) is 11.2 Å². The van der Waals surface area contributed by atoms with Crippen molar-refractivity contribution in [3.63, 3.8) is 0 Å². The molecule has 22 heavy (non-hydrogen) atoms. The summed E-state index contributed by atoms with van der Waals surface area (Å²) in [6.07, 6.45) is 5.35. The van der Waals surface area contributed by atoms with E-state index in [-0.39, 0.29) is 18.1 Å². The molecule has 0 aromatic heterocycles. The first-order valence-corrected chi connectivity index (χ1v) is 6.90. The molecule has 0 bridgehead atoms. The summed E-state index contributed by atoms with van der Waals surface area (Å²) in [4.78, 5) is 22.8. The Morgan fingerprint density at radius 2 is 2.00 bits per heavy atom. The molecular formula is C17H21NO4. The summed E-state index contributed by atoms with van der Waals surface area (Å²) in [6, 6.07) is 3.21. The summed E-state index contributed by atoms with van der Waals surface area (Å²) < 4.78 is 5.18. The molecule has 0 aliphatic carbocycles. The van der Waals surface area contributed by atoms with E-state index in [1.165, 1.54) is 6.07 Å². The Morgan fingerprint density at radius 3 is 2.50 bits per heavy atom. The number of hydrogen-bond acceptors (Lipinski definition) is 4. The van der Waals surface area contributed by atoms with Crippen LogP contribution in [0.15, 0.2) is 12.1 Å². The van der Waals surface area contributed by atoms with E-state index < -0.39 is 11.6 Å². The van der Waals surface area contributed by atoms with Gasteiger partial charge in [0.1, 0.15) is 5.60 Å². The number of aromatic carboxylic acids is 1. The molecule has 0 aliphatic rings. The number of hydrogen-bond donors (Lipinski definition) is 2. The molecular weight excluding hydrogens is 282 g/mol. The molecule has 0 fully saturated rings. The van der Waals surface area contributed by atoms with Crippen LogP contribution in [-0.4, -0.2) is 29.2 Å². The zero-order valence-corrected chi connectivity index (χ0v) is 13.3. The molecule has 0 amide bonds. The van der Waals surface area contributed by atoms with Gasteiger partial charge in [0.25, 0.3) is 0 Å². The zero-order valence-electron chi connectivity index (χ0n) is 13.3. The number of rotatable bonds is 5. The van der Waals surface area contributed by atoms with Crippen molar-refractivity contribution in [2.75, 3.05) is 6.54 Å². The minimum atomic E-state index is -1.03. The number of carboxylic acids is 1. The summed E-state index contributed by atoms with van der Waals surface area (Å²) in [5.74, 6) is 1.05. The standard InChI is InChI=1S/C17H21NO4/c1-6-12-7-13(11(2)14(8-12)16(20)21)9-18-10-15(19)22-17(3,4)5/h1,7-8,18H,9-10H2,2-5H3,(H,20,21). The quantitative estimate of drug-likeness (QED) is 0.643. The van der Waals surface area contributed by atoms with Crippen LogP contribution in [0.1, 0.15) is 47.8 Å². The van der Waals surface area contributed by atoms with Gasteiger partial charge in [0.05, 0.1) is 12.1 Å². The largest absolute Gasteiger partial charge is 0.478 e. The molecule has 2 N–H and O–H groups in total. The van der Waals surface area contributed by atoms with Crippen LogP contribution in [0.3, 0.4) is 0 Å². The zero-order chi connectivity index (χ0) is 16.9. The number of esters is 1. The van der Waals surface area contributed by atoms with Crippen molar-refractivity contribution < 1.29 is 19.4 Å². The number of terminal acetylenes is 1. The maximum Gasteiger partial charge on any atom is 0.336 e. The van der Waals surface area contributed by atoms with Crippen LogP contribution in [0.4, 0.5) is 0 Å². The van der Waals surface area contributed by atoms with Crippen molar-refractivity contribution in [2.24, 2.45) is 0 Å². The van der Waals surface area contributed by atoms with Crippen LogP contribution in [0.5, 0.6) is 0 Å². The molecule has 0 aliphatic heterocycles. The van der Waals surface area contributed by atoms with Gasteiger partial charge in [0, 0.05) is 12.1 Å². The first kappa shape index (κ1) is 17.7. The summed E-state index contributed by atoms with van der Waals surface area (Å²) in [7, 11) is 0. The number of nitrogens with one attached hydrogen (secondary N) is 1. The highest BCUT2D eigenvalue weighted by atomic mass is 16.6. The fourth-order valence-electron chi connectivity index (χ4n) is 1.94. The molecule has 1 rings (SSSR count).